The van der Waals surface area contributed by atoms with Crippen molar-refractivity contribution < 1.29 is 4.39 Å². The van der Waals surface area contributed by atoms with Crippen molar-refractivity contribution in [1.29, 1.82) is 0 Å². The van der Waals surface area contributed by atoms with Crippen LogP contribution < -0.4 is 5.32 Å². The third kappa shape index (κ3) is 3.32. The normalized spacial score (nSPS) is 12.4. The van der Waals surface area contributed by atoms with Gasteiger partial charge in [0.2, 0.25) is 0 Å². The topological polar surface area (TPSA) is 12.0 Å². The van der Waals surface area contributed by atoms with Crippen molar-refractivity contribution >= 4 is 23.2 Å². The number of benzene rings is 2. The van der Waals surface area contributed by atoms with Gasteiger partial charge in [-0.3, -0.25) is 0 Å². The van der Waals surface area contributed by atoms with Gasteiger partial charge in [0.05, 0.1) is 6.04 Å². The van der Waals surface area contributed by atoms with E-state index in [9.17, 15) is 4.39 Å². The molecule has 0 saturated carbocycles. The van der Waals surface area contributed by atoms with E-state index in [1.165, 1.54) is 6.07 Å². The van der Waals surface area contributed by atoms with Gasteiger partial charge in [0, 0.05) is 15.6 Å². The van der Waals surface area contributed by atoms with Crippen molar-refractivity contribution in [3.8, 4) is 0 Å². The summed E-state index contributed by atoms with van der Waals surface area (Å²) in [5.41, 5.74) is 1.27. The van der Waals surface area contributed by atoms with Crippen molar-refractivity contribution in [1.82, 2.24) is 5.32 Å². The van der Waals surface area contributed by atoms with Gasteiger partial charge in [-0.2, -0.15) is 0 Å². The van der Waals surface area contributed by atoms with Crippen LogP contribution in [0.1, 0.15) is 30.5 Å². The predicted octanol–water partition coefficient (Wildman–Crippen LogP) is 5.22. The van der Waals surface area contributed by atoms with E-state index in [2.05, 4.69) is 12.2 Å². The summed E-state index contributed by atoms with van der Waals surface area (Å²) < 4.78 is 14.2. The molecule has 1 nitrogen and oxygen atoms in total. The highest BCUT2D eigenvalue weighted by atomic mass is 35.5. The van der Waals surface area contributed by atoms with Crippen molar-refractivity contribution in [3.05, 3.63) is 69.5 Å². The predicted molar refractivity (Wildman–Crippen MR) is 83.0 cm³/mol. The standard InChI is InChI=1S/C16H16Cl2FN/c1-2-10-20-16(11-6-3-4-7-12(11)17)15-13(18)8-5-9-14(15)19/h3-9,16,20H,2,10H2,1H3. The summed E-state index contributed by atoms with van der Waals surface area (Å²) in [5, 5.41) is 4.31. The highest BCUT2D eigenvalue weighted by molar-refractivity contribution is 6.32. The maximum Gasteiger partial charge on any atom is 0.129 e. The summed E-state index contributed by atoms with van der Waals surface area (Å²) in [5.74, 6) is -0.328. The van der Waals surface area contributed by atoms with Gasteiger partial charge in [0.15, 0.2) is 0 Å². The van der Waals surface area contributed by atoms with Crippen LogP contribution in [0.5, 0.6) is 0 Å². The minimum atomic E-state index is -0.350. The molecular formula is C16H16Cl2FN. The van der Waals surface area contributed by atoms with E-state index in [4.69, 9.17) is 23.2 Å². The average Bonchev–Trinajstić information content (AvgIpc) is 2.43. The Hall–Kier alpha value is -1.09. The second-order valence-corrected chi connectivity index (χ2v) is 5.36. The van der Waals surface area contributed by atoms with Gasteiger partial charge in [0.25, 0.3) is 0 Å². The third-order valence-electron chi connectivity index (χ3n) is 3.10. The first-order chi connectivity index (χ1) is 9.65. The minimum absolute atomic E-state index is 0.328. The second kappa shape index (κ2) is 7.07. The highest BCUT2D eigenvalue weighted by Gasteiger charge is 2.22. The lowest BCUT2D eigenvalue weighted by atomic mass is 9.97. The van der Waals surface area contributed by atoms with Crippen LogP contribution in [-0.4, -0.2) is 6.54 Å². The number of hydrogen-bond acceptors (Lipinski definition) is 1. The molecule has 20 heavy (non-hydrogen) atoms. The molecule has 4 heteroatoms. The Kier molecular flexibility index (Phi) is 5.41. The molecule has 2 aromatic carbocycles. The van der Waals surface area contributed by atoms with Gasteiger partial charge in [-0.15, -0.1) is 0 Å². The fourth-order valence-corrected chi connectivity index (χ4v) is 2.67. The molecule has 106 valence electrons. The van der Waals surface area contributed by atoms with Crippen LogP contribution in [0.2, 0.25) is 10.0 Å². The van der Waals surface area contributed by atoms with Gasteiger partial charge < -0.3 is 5.32 Å². The molecule has 0 aliphatic heterocycles. The van der Waals surface area contributed by atoms with Gasteiger partial charge in [-0.25, -0.2) is 4.39 Å². The van der Waals surface area contributed by atoms with E-state index in [0.717, 1.165) is 18.5 Å². The first-order valence-corrected chi connectivity index (χ1v) is 7.32. The molecular weight excluding hydrogens is 296 g/mol. The molecule has 0 amide bonds. The van der Waals surface area contributed by atoms with Crippen LogP contribution in [0.4, 0.5) is 4.39 Å². The van der Waals surface area contributed by atoms with E-state index in [1.54, 1.807) is 18.2 Å². The van der Waals surface area contributed by atoms with E-state index in [1.807, 2.05) is 18.2 Å². The molecule has 0 bridgehead atoms. The summed E-state index contributed by atoms with van der Waals surface area (Å²) in [4.78, 5) is 0. The smallest absolute Gasteiger partial charge is 0.129 e. The Balaban J connectivity index is 2.50. The Labute approximate surface area is 128 Å². The highest BCUT2D eigenvalue weighted by Crippen LogP contribution is 2.33. The maximum atomic E-state index is 14.2. The number of hydrogen-bond donors (Lipinski definition) is 1. The molecule has 0 saturated heterocycles. The van der Waals surface area contributed by atoms with Crippen LogP contribution in [-0.2, 0) is 0 Å². The van der Waals surface area contributed by atoms with Crippen molar-refractivity contribution in [2.45, 2.75) is 19.4 Å². The molecule has 1 unspecified atom stereocenters. The van der Waals surface area contributed by atoms with E-state index in [-0.39, 0.29) is 11.9 Å². The van der Waals surface area contributed by atoms with E-state index >= 15 is 0 Å². The molecule has 2 rings (SSSR count). The Bertz CT molecular complexity index is 566. The van der Waals surface area contributed by atoms with Crippen LogP contribution in [0.25, 0.3) is 0 Å². The lowest BCUT2D eigenvalue weighted by Gasteiger charge is -2.22. The number of halogens is 3. The summed E-state index contributed by atoms with van der Waals surface area (Å²) in [7, 11) is 0. The first-order valence-electron chi connectivity index (χ1n) is 6.56. The zero-order valence-electron chi connectivity index (χ0n) is 11.2. The lowest BCUT2D eigenvalue weighted by molar-refractivity contribution is 0.547. The Morgan fingerprint density at radius 3 is 2.40 bits per heavy atom. The summed E-state index contributed by atoms with van der Waals surface area (Å²) in [6.07, 6.45) is 0.938. The lowest BCUT2D eigenvalue weighted by Crippen LogP contribution is -2.24. The number of nitrogens with one attached hydrogen (secondary N) is 1. The number of rotatable bonds is 5. The molecule has 0 radical (unpaired) electrons. The zero-order valence-corrected chi connectivity index (χ0v) is 12.7. The van der Waals surface area contributed by atoms with Crippen molar-refractivity contribution in [3.63, 3.8) is 0 Å². The molecule has 1 N–H and O–H groups in total. The summed E-state index contributed by atoms with van der Waals surface area (Å²) in [6, 6.07) is 11.8. The van der Waals surface area contributed by atoms with Crippen LogP contribution in [0.15, 0.2) is 42.5 Å². The molecule has 0 spiro atoms. The molecule has 1 atom stereocenters. The molecule has 0 heterocycles. The monoisotopic (exact) mass is 311 g/mol. The zero-order chi connectivity index (χ0) is 14.5. The minimum Gasteiger partial charge on any atom is -0.306 e. The second-order valence-electron chi connectivity index (χ2n) is 4.54. The Morgan fingerprint density at radius 1 is 1.05 bits per heavy atom. The molecule has 0 aliphatic carbocycles. The maximum absolute atomic E-state index is 14.2. The molecule has 0 aromatic heterocycles. The largest absolute Gasteiger partial charge is 0.306 e. The van der Waals surface area contributed by atoms with E-state index < -0.39 is 0 Å². The fourth-order valence-electron chi connectivity index (χ4n) is 2.15. The van der Waals surface area contributed by atoms with Crippen LogP contribution >= 0.6 is 23.2 Å². The SMILES string of the molecule is CCCNC(c1ccccc1Cl)c1c(F)cccc1Cl. The van der Waals surface area contributed by atoms with E-state index in [0.29, 0.717) is 15.6 Å². The van der Waals surface area contributed by atoms with Gasteiger partial charge in [-0.1, -0.05) is 54.4 Å². The molecule has 0 fully saturated rings. The van der Waals surface area contributed by atoms with Crippen LogP contribution in [0, 0.1) is 5.82 Å². The van der Waals surface area contributed by atoms with Gasteiger partial charge >= 0.3 is 0 Å². The summed E-state index contributed by atoms with van der Waals surface area (Å²) >= 11 is 12.4. The van der Waals surface area contributed by atoms with Crippen molar-refractivity contribution in [2.75, 3.05) is 6.54 Å². The van der Waals surface area contributed by atoms with Gasteiger partial charge in [0.1, 0.15) is 5.82 Å². The molecule has 2 aromatic rings. The van der Waals surface area contributed by atoms with Crippen molar-refractivity contribution in [2.24, 2.45) is 0 Å². The first kappa shape index (κ1) is 15.3. The fraction of sp³-hybridized carbons (Fsp3) is 0.250. The summed E-state index contributed by atoms with van der Waals surface area (Å²) in [6.45, 7) is 2.81. The van der Waals surface area contributed by atoms with Gasteiger partial charge in [-0.05, 0) is 36.7 Å². The van der Waals surface area contributed by atoms with Crippen LogP contribution in [0.3, 0.4) is 0 Å². The Morgan fingerprint density at radius 2 is 1.75 bits per heavy atom. The molecule has 0 aliphatic rings. The third-order valence-corrected chi connectivity index (χ3v) is 3.78. The average molecular weight is 312 g/mol. The quantitative estimate of drug-likeness (QED) is 0.798.